The summed E-state index contributed by atoms with van der Waals surface area (Å²) >= 11 is 0.887. The van der Waals surface area contributed by atoms with Crippen molar-refractivity contribution in [1.29, 1.82) is 0 Å². The van der Waals surface area contributed by atoms with E-state index in [2.05, 4.69) is 25.1 Å². The molecule has 0 spiro atoms. The van der Waals surface area contributed by atoms with Crippen LogP contribution in [0.2, 0.25) is 0 Å². The molecular formula is C28H20F6N6O5S. The van der Waals surface area contributed by atoms with Crippen LogP contribution < -0.4 is 19.7 Å². The molecule has 0 saturated carbocycles. The highest BCUT2D eigenvalue weighted by atomic mass is 32.2. The number of hydrogen-bond donors (Lipinski definition) is 2. The van der Waals surface area contributed by atoms with Crippen molar-refractivity contribution in [2.45, 2.75) is 19.5 Å². The molecule has 0 radical (unpaired) electrons. The average Bonchev–Trinajstić information content (AvgIpc) is 3.59. The summed E-state index contributed by atoms with van der Waals surface area (Å²) < 4.78 is 85.6. The van der Waals surface area contributed by atoms with Gasteiger partial charge in [0, 0.05) is 5.56 Å². The molecule has 240 valence electrons. The summed E-state index contributed by atoms with van der Waals surface area (Å²) in [4.78, 5) is 34.5. The highest BCUT2D eigenvalue weighted by Gasteiger charge is 2.35. The number of aliphatic imine (C=N–C) groups is 1. The number of aryl methyl sites for hydroxylation is 1. The lowest BCUT2D eigenvalue weighted by molar-refractivity contribution is -0.274. The Morgan fingerprint density at radius 1 is 1.07 bits per heavy atom. The van der Waals surface area contributed by atoms with Crippen LogP contribution in [0, 0.1) is 6.92 Å². The lowest BCUT2D eigenvalue weighted by Gasteiger charge is -2.21. The third kappa shape index (κ3) is 7.87. The van der Waals surface area contributed by atoms with E-state index < -0.39 is 42.6 Å². The van der Waals surface area contributed by atoms with E-state index in [0.717, 1.165) is 28.8 Å². The van der Waals surface area contributed by atoms with E-state index >= 15 is 0 Å². The normalized spacial score (nSPS) is 14.5. The number of phenols is 1. The van der Waals surface area contributed by atoms with Gasteiger partial charge in [-0.05, 0) is 67.1 Å². The Kier molecular flexibility index (Phi) is 8.82. The van der Waals surface area contributed by atoms with Crippen LogP contribution in [0.4, 0.5) is 42.5 Å². The fraction of sp³-hybridized carbons (Fsp3) is 0.179. The molecule has 1 aliphatic heterocycles. The van der Waals surface area contributed by atoms with Gasteiger partial charge in [-0.25, -0.2) is 14.5 Å². The van der Waals surface area contributed by atoms with Crippen molar-refractivity contribution < 1.29 is 50.5 Å². The van der Waals surface area contributed by atoms with E-state index in [9.17, 15) is 41.0 Å². The number of aromatic hydroxyl groups is 1. The predicted octanol–water partition coefficient (Wildman–Crippen LogP) is 6.46. The quantitative estimate of drug-likeness (QED) is 0.170. The number of amides is 3. The number of nitrogens with one attached hydrogen (secondary N) is 1. The molecular weight excluding hydrogens is 646 g/mol. The lowest BCUT2D eigenvalue weighted by Crippen LogP contribution is -2.31. The van der Waals surface area contributed by atoms with Crippen LogP contribution in [-0.2, 0) is 4.79 Å². The van der Waals surface area contributed by atoms with Crippen LogP contribution in [0.3, 0.4) is 0 Å². The Morgan fingerprint density at radius 2 is 1.80 bits per heavy atom. The standard InChI is InChI=1S/C28H20F6N6O5S/c1-15-2-9-22(44-13-27(29,30)31)20(10-15)40-23(42)12-46-26(40)37-25(43)36-19-8-3-16(11-21(19)41)24-35-14-39(38-24)17-4-6-18(7-5-17)45-28(32,33)34/h2-11,14,41H,12-13H2,1H3,(H,36,43)/b37-26-. The van der Waals surface area contributed by atoms with Crippen molar-refractivity contribution in [2.75, 3.05) is 22.6 Å². The summed E-state index contributed by atoms with van der Waals surface area (Å²) in [7, 11) is 0. The number of nitrogens with zero attached hydrogens (tertiary/aromatic N) is 5. The Bertz CT molecular complexity index is 1810. The molecule has 2 heterocycles. The largest absolute Gasteiger partial charge is 0.573 e. The zero-order valence-corrected chi connectivity index (χ0v) is 24.1. The second kappa shape index (κ2) is 12.6. The number of phenolic OH excluding ortho intramolecular Hbond substituents is 1. The Balaban J connectivity index is 1.30. The second-order valence-electron chi connectivity index (χ2n) is 9.50. The summed E-state index contributed by atoms with van der Waals surface area (Å²) in [5.41, 5.74) is 1.23. The van der Waals surface area contributed by atoms with Crippen LogP contribution in [0.25, 0.3) is 17.1 Å². The summed E-state index contributed by atoms with van der Waals surface area (Å²) in [6.45, 7) is 0.0686. The van der Waals surface area contributed by atoms with Gasteiger partial charge in [0.2, 0.25) is 5.91 Å². The van der Waals surface area contributed by atoms with Gasteiger partial charge < -0.3 is 19.9 Å². The predicted molar refractivity (Wildman–Crippen MR) is 154 cm³/mol. The first kappa shape index (κ1) is 32.1. The summed E-state index contributed by atoms with van der Waals surface area (Å²) in [5, 5.41) is 17.1. The maximum absolute atomic E-state index is 12.8. The van der Waals surface area contributed by atoms with Gasteiger partial charge >= 0.3 is 18.6 Å². The first-order chi connectivity index (χ1) is 21.6. The lowest BCUT2D eigenvalue weighted by atomic mass is 10.2. The van der Waals surface area contributed by atoms with Gasteiger partial charge in [-0.1, -0.05) is 17.8 Å². The summed E-state index contributed by atoms with van der Waals surface area (Å²) in [6.07, 6.45) is -8.15. The number of halogens is 6. The molecule has 46 heavy (non-hydrogen) atoms. The third-order valence-electron chi connectivity index (χ3n) is 6.03. The Morgan fingerprint density at radius 3 is 2.48 bits per heavy atom. The number of benzene rings is 3. The van der Waals surface area contributed by atoms with Crippen molar-refractivity contribution in [3.05, 3.63) is 72.6 Å². The highest BCUT2D eigenvalue weighted by molar-refractivity contribution is 8.15. The molecule has 1 aromatic heterocycles. The summed E-state index contributed by atoms with van der Waals surface area (Å²) in [5.74, 6) is -1.58. The van der Waals surface area contributed by atoms with E-state index in [1.165, 1.54) is 59.5 Å². The number of ether oxygens (including phenoxy) is 2. The number of thioether (sulfide) groups is 1. The van der Waals surface area contributed by atoms with E-state index in [1.54, 1.807) is 6.92 Å². The minimum atomic E-state index is -4.83. The number of amidine groups is 1. The van der Waals surface area contributed by atoms with Crippen LogP contribution in [-0.4, -0.2) is 61.9 Å². The number of aromatic nitrogens is 3. The third-order valence-corrected chi connectivity index (χ3v) is 6.96. The molecule has 1 fully saturated rings. The first-order valence-corrected chi connectivity index (χ1v) is 13.9. The minimum absolute atomic E-state index is 0.0180. The minimum Gasteiger partial charge on any atom is -0.506 e. The topological polar surface area (TPSA) is 131 Å². The number of carbonyl (C=O) groups is 2. The van der Waals surface area contributed by atoms with Crippen molar-refractivity contribution in [3.8, 4) is 34.3 Å². The maximum Gasteiger partial charge on any atom is 0.573 e. The van der Waals surface area contributed by atoms with Gasteiger partial charge in [-0.2, -0.15) is 18.2 Å². The Labute approximate surface area is 259 Å². The zero-order chi connectivity index (χ0) is 33.2. The maximum atomic E-state index is 12.8. The van der Waals surface area contributed by atoms with Gasteiger partial charge in [0.25, 0.3) is 0 Å². The molecule has 1 aliphatic rings. The molecule has 4 aromatic rings. The van der Waals surface area contributed by atoms with Gasteiger partial charge in [-0.3, -0.25) is 9.69 Å². The van der Waals surface area contributed by atoms with E-state index in [-0.39, 0.29) is 33.9 Å². The van der Waals surface area contributed by atoms with E-state index in [0.29, 0.717) is 16.8 Å². The molecule has 1 saturated heterocycles. The molecule has 5 rings (SSSR count). The molecule has 3 aromatic carbocycles. The van der Waals surface area contributed by atoms with Crippen molar-refractivity contribution in [3.63, 3.8) is 0 Å². The molecule has 3 amide bonds. The molecule has 0 unspecified atom stereocenters. The molecule has 18 heteroatoms. The fourth-order valence-electron chi connectivity index (χ4n) is 4.09. The second-order valence-corrected chi connectivity index (χ2v) is 10.4. The molecule has 0 bridgehead atoms. The number of carbonyl (C=O) groups excluding carboxylic acids is 2. The van der Waals surface area contributed by atoms with Crippen LogP contribution in [0.15, 0.2) is 72.0 Å². The highest BCUT2D eigenvalue weighted by Crippen LogP contribution is 2.36. The molecule has 0 aliphatic carbocycles. The van der Waals surface area contributed by atoms with Crippen molar-refractivity contribution in [2.24, 2.45) is 4.99 Å². The van der Waals surface area contributed by atoms with Crippen LogP contribution >= 0.6 is 11.8 Å². The number of hydrogen-bond acceptors (Lipinski definition) is 8. The van der Waals surface area contributed by atoms with Crippen LogP contribution in [0.5, 0.6) is 17.2 Å². The number of rotatable bonds is 7. The van der Waals surface area contributed by atoms with Crippen LogP contribution in [0.1, 0.15) is 5.56 Å². The Hall–Kier alpha value is -5.26. The number of anilines is 2. The number of alkyl halides is 6. The average molecular weight is 667 g/mol. The van der Waals surface area contributed by atoms with E-state index in [4.69, 9.17) is 4.74 Å². The smallest absolute Gasteiger partial charge is 0.506 e. The van der Waals surface area contributed by atoms with Gasteiger partial charge in [-0.15, -0.1) is 18.3 Å². The van der Waals surface area contributed by atoms with Gasteiger partial charge in [0.05, 0.1) is 22.8 Å². The molecule has 0 atom stereocenters. The summed E-state index contributed by atoms with van der Waals surface area (Å²) in [6, 6.07) is 12.2. The number of urea groups is 1. The monoisotopic (exact) mass is 666 g/mol. The zero-order valence-electron chi connectivity index (χ0n) is 23.3. The van der Waals surface area contributed by atoms with Gasteiger partial charge in [0.15, 0.2) is 17.6 Å². The first-order valence-electron chi connectivity index (χ1n) is 12.9. The van der Waals surface area contributed by atoms with Crippen molar-refractivity contribution in [1.82, 2.24) is 14.8 Å². The van der Waals surface area contributed by atoms with E-state index in [1.807, 2.05) is 0 Å². The van der Waals surface area contributed by atoms with Gasteiger partial charge in [0.1, 0.15) is 23.6 Å². The fourth-order valence-corrected chi connectivity index (χ4v) is 4.95. The molecule has 2 N–H and O–H groups in total. The van der Waals surface area contributed by atoms with Crippen molar-refractivity contribution >= 4 is 40.2 Å². The molecule has 11 nitrogen and oxygen atoms in total. The SMILES string of the molecule is Cc1ccc(OCC(F)(F)F)c(N2C(=O)CS/C2=N\C(=O)Nc2ccc(-c3ncn(-c4ccc(OC(F)(F)F)cc4)n3)cc2O)c1.